The monoisotopic (exact) mass is 205 g/mol. The van der Waals surface area contributed by atoms with Crippen LogP contribution in [0.1, 0.15) is 6.42 Å². The molecule has 0 atom stereocenters. The Bertz CT molecular complexity index is 359. The first kappa shape index (κ1) is 9.96. The predicted octanol–water partition coefficient (Wildman–Crippen LogP) is 0.927. The molecular formula is C11H15N3O. The fourth-order valence-electron chi connectivity index (χ4n) is 1.68. The van der Waals surface area contributed by atoms with E-state index in [4.69, 9.17) is 0 Å². The van der Waals surface area contributed by atoms with Crippen LogP contribution >= 0.6 is 0 Å². The maximum absolute atomic E-state index is 11.1. The highest BCUT2D eigenvalue weighted by Gasteiger charge is 2.19. The molecule has 1 aliphatic heterocycles. The molecule has 0 aliphatic carbocycles. The highest BCUT2D eigenvalue weighted by Crippen LogP contribution is 2.19. The van der Waals surface area contributed by atoms with Crippen molar-refractivity contribution in [2.75, 3.05) is 37.0 Å². The third-order valence-corrected chi connectivity index (χ3v) is 2.58. The van der Waals surface area contributed by atoms with Crippen molar-refractivity contribution >= 4 is 17.3 Å². The topological polar surface area (TPSA) is 36.4 Å². The van der Waals surface area contributed by atoms with Gasteiger partial charge in [0.2, 0.25) is 0 Å². The number of ketones is 1. The van der Waals surface area contributed by atoms with Crippen molar-refractivity contribution in [3.05, 3.63) is 18.3 Å². The zero-order valence-electron chi connectivity index (χ0n) is 9.10. The van der Waals surface area contributed by atoms with Crippen LogP contribution in [-0.2, 0) is 4.79 Å². The Morgan fingerprint density at radius 3 is 2.67 bits per heavy atom. The van der Waals surface area contributed by atoms with Crippen molar-refractivity contribution in [2.24, 2.45) is 0 Å². The molecule has 0 saturated carbocycles. The summed E-state index contributed by atoms with van der Waals surface area (Å²) in [6.45, 7) is 1.35. The Hall–Kier alpha value is -1.58. The fourth-order valence-corrected chi connectivity index (χ4v) is 1.68. The van der Waals surface area contributed by atoms with Gasteiger partial charge in [-0.2, -0.15) is 0 Å². The van der Waals surface area contributed by atoms with E-state index < -0.39 is 0 Å². The number of nitrogens with zero attached hydrogens (tertiary/aromatic N) is 3. The molecule has 2 rings (SSSR count). The largest absolute Gasteiger partial charge is 0.363 e. The van der Waals surface area contributed by atoms with Crippen LogP contribution in [0.15, 0.2) is 18.3 Å². The van der Waals surface area contributed by atoms with Gasteiger partial charge in [0, 0.05) is 27.1 Å². The van der Waals surface area contributed by atoms with E-state index in [0.29, 0.717) is 18.7 Å². The van der Waals surface area contributed by atoms with Crippen molar-refractivity contribution < 1.29 is 4.79 Å². The van der Waals surface area contributed by atoms with Gasteiger partial charge in [-0.15, -0.1) is 0 Å². The van der Waals surface area contributed by atoms with Crippen LogP contribution in [-0.4, -0.2) is 38.0 Å². The standard InChI is InChI=1S/C11H15N3O/c1-13(2)11-4-3-9(7-12-11)14-6-5-10(15)8-14/h3-4,7H,5-6,8H2,1-2H3. The first-order chi connectivity index (χ1) is 7.16. The minimum Gasteiger partial charge on any atom is -0.363 e. The minimum absolute atomic E-state index is 0.312. The summed E-state index contributed by atoms with van der Waals surface area (Å²) in [6, 6.07) is 3.99. The van der Waals surface area contributed by atoms with Gasteiger partial charge in [-0.05, 0) is 12.1 Å². The second kappa shape index (κ2) is 3.88. The molecule has 1 aromatic heterocycles. The van der Waals surface area contributed by atoms with Gasteiger partial charge in [-0.25, -0.2) is 4.98 Å². The van der Waals surface area contributed by atoms with E-state index in [-0.39, 0.29) is 0 Å². The Kier molecular flexibility index (Phi) is 2.58. The van der Waals surface area contributed by atoms with Crippen LogP contribution in [0.25, 0.3) is 0 Å². The first-order valence-electron chi connectivity index (χ1n) is 5.07. The van der Waals surface area contributed by atoms with Crippen LogP contribution in [0.3, 0.4) is 0 Å². The quantitative estimate of drug-likeness (QED) is 0.719. The molecule has 0 spiro atoms. The molecule has 0 amide bonds. The van der Waals surface area contributed by atoms with E-state index in [1.807, 2.05) is 37.3 Å². The zero-order valence-corrected chi connectivity index (χ0v) is 9.10. The van der Waals surface area contributed by atoms with Crippen LogP contribution < -0.4 is 9.80 Å². The smallest absolute Gasteiger partial charge is 0.153 e. The van der Waals surface area contributed by atoms with E-state index in [9.17, 15) is 4.79 Å². The third kappa shape index (κ3) is 2.09. The van der Waals surface area contributed by atoms with E-state index in [1.54, 1.807) is 0 Å². The van der Waals surface area contributed by atoms with Gasteiger partial charge in [0.15, 0.2) is 5.78 Å². The lowest BCUT2D eigenvalue weighted by Gasteiger charge is -2.17. The molecule has 4 heteroatoms. The number of hydrogen-bond acceptors (Lipinski definition) is 4. The zero-order chi connectivity index (χ0) is 10.8. The Labute approximate surface area is 89.5 Å². The average molecular weight is 205 g/mol. The van der Waals surface area contributed by atoms with E-state index >= 15 is 0 Å². The normalized spacial score (nSPS) is 15.9. The molecule has 0 radical (unpaired) electrons. The second-order valence-corrected chi connectivity index (χ2v) is 3.98. The molecule has 0 N–H and O–H groups in total. The number of hydrogen-bond donors (Lipinski definition) is 0. The molecule has 1 fully saturated rings. The minimum atomic E-state index is 0.312. The van der Waals surface area contributed by atoms with E-state index in [2.05, 4.69) is 9.88 Å². The molecule has 2 heterocycles. The molecule has 0 unspecified atom stereocenters. The highest BCUT2D eigenvalue weighted by atomic mass is 16.1. The lowest BCUT2D eigenvalue weighted by Crippen LogP contribution is -2.20. The number of anilines is 2. The number of Topliss-reactive ketones (excluding diaryl/α,β-unsaturated/α-hetero) is 1. The van der Waals surface area contributed by atoms with Crippen LogP contribution in [0.5, 0.6) is 0 Å². The summed E-state index contributed by atoms with van der Waals surface area (Å²) in [6.07, 6.45) is 2.49. The molecule has 0 bridgehead atoms. The molecule has 15 heavy (non-hydrogen) atoms. The van der Waals surface area contributed by atoms with Crippen molar-refractivity contribution in [2.45, 2.75) is 6.42 Å². The molecule has 1 aliphatic rings. The number of aromatic nitrogens is 1. The molecule has 0 aromatic carbocycles. The van der Waals surface area contributed by atoms with Crippen molar-refractivity contribution in [1.29, 1.82) is 0 Å². The summed E-state index contributed by atoms with van der Waals surface area (Å²) in [4.78, 5) is 19.5. The number of carbonyl (C=O) groups is 1. The van der Waals surface area contributed by atoms with Gasteiger partial charge >= 0.3 is 0 Å². The van der Waals surface area contributed by atoms with E-state index in [1.165, 1.54) is 0 Å². The van der Waals surface area contributed by atoms with Gasteiger partial charge in [0.25, 0.3) is 0 Å². The summed E-state index contributed by atoms with van der Waals surface area (Å²) in [5.74, 6) is 1.25. The molecule has 4 nitrogen and oxygen atoms in total. The lowest BCUT2D eigenvalue weighted by atomic mass is 10.3. The summed E-state index contributed by atoms with van der Waals surface area (Å²) >= 11 is 0. The summed E-state index contributed by atoms with van der Waals surface area (Å²) in [5, 5.41) is 0. The highest BCUT2D eigenvalue weighted by molar-refractivity contribution is 5.87. The fraction of sp³-hybridized carbons (Fsp3) is 0.455. The molecule has 80 valence electrons. The summed E-state index contributed by atoms with van der Waals surface area (Å²) in [7, 11) is 3.92. The van der Waals surface area contributed by atoms with Gasteiger partial charge in [-0.3, -0.25) is 4.79 Å². The van der Waals surface area contributed by atoms with Crippen molar-refractivity contribution in [1.82, 2.24) is 4.98 Å². The Balaban J connectivity index is 2.13. The first-order valence-corrected chi connectivity index (χ1v) is 5.07. The Morgan fingerprint density at radius 1 is 1.40 bits per heavy atom. The molecule has 1 aromatic rings. The van der Waals surface area contributed by atoms with Crippen LogP contribution in [0.4, 0.5) is 11.5 Å². The van der Waals surface area contributed by atoms with Gasteiger partial charge in [0.05, 0.1) is 18.4 Å². The van der Waals surface area contributed by atoms with Crippen molar-refractivity contribution in [3.8, 4) is 0 Å². The lowest BCUT2D eigenvalue weighted by molar-refractivity contribution is -0.116. The maximum Gasteiger partial charge on any atom is 0.153 e. The van der Waals surface area contributed by atoms with Gasteiger partial charge in [0.1, 0.15) is 5.82 Å². The summed E-state index contributed by atoms with van der Waals surface area (Å²) in [5.41, 5.74) is 1.03. The van der Waals surface area contributed by atoms with Crippen LogP contribution in [0.2, 0.25) is 0 Å². The third-order valence-electron chi connectivity index (χ3n) is 2.58. The van der Waals surface area contributed by atoms with E-state index in [0.717, 1.165) is 18.1 Å². The SMILES string of the molecule is CN(C)c1ccc(N2CCC(=O)C2)cn1. The number of pyridine rings is 1. The Morgan fingerprint density at radius 2 is 2.20 bits per heavy atom. The maximum atomic E-state index is 11.1. The molecular weight excluding hydrogens is 190 g/mol. The average Bonchev–Trinajstić information content (AvgIpc) is 2.65. The summed E-state index contributed by atoms with van der Waals surface area (Å²) < 4.78 is 0. The predicted molar refractivity (Wildman–Crippen MR) is 60.4 cm³/mol. The number of rotatable bonds is 2. The molecule has 1 saturated heterocycles. The van der Waals surface area contributed by atoms with Crippen LogP contribution in [0, 0.1) is 0 Å². The van der Waals surface area contributed by atoms with Gasteiger partial charge in [-0.1, -0.05) is 0 Å². The second-order valence-electron chi connectivity index (χ2n) is 3.98. The van der Waals surface area contributed by atoms with Crippen molar-refractivity contribution in [3.63, 3.8) is 0 Å². The number of carbonyl (C=O) groups excluding carboxylic acids is 1. The van der Waals surface area contributed by atoms with Gasteiger partial charge < -0.3 is 9.80 Å².